The van der Waals surface area contributed by atoms with Crippen LogP contribution in [0.4, 0.5) is 4.39 Å². The highest BCUT2D eigenvalue weighted by molar-refractivity contribution is 7.93. The van der Waals surface area contributed by atoms with Gasteiger partial charge in [-0.2, -0.15) is 0 Å². The zero-order valence-corrected chi connectivity index (χ0v) is 12.6. The molecule has 1 rings (SSSR count). The van der Waals surface area contributed by atoms with E-state index in [9.17, 15) is 26.3 Å². The molecule has 0 fully saturated rings. The van der Waals surface area contributed by atoms with Crippen molar-refractivity contribution in [2.75, 3.05) is 12.5 Å². The Labute approximate surface area is 111 Å². The van der Waals surface area contributed by atoms with Crippen molar-refractivity contribution < 1.29 is 26.3 Å². The van der Waals surface area contributed by atoms with Crippen molar-refractivity contribution in [1.82, 2.24) is 0 Å². The number of sulfone groups is 2. The van der Waals surface area contributed by atoms with Gasteiger partial charge in [0.15, 0.2) is 19.7 Å². The summed E-state index contributed by atoms with van der Waals surface area (Å²) in [5.41, 5.74) is -1.51. The van der Waals surface area contributed by atoms with E-state index >= 15 is 0 Å². The molecule has 19 heavy (non-hydrogen) atoms. The molecule has 0 radical (unpaired) electrons. The lowest BCUT2D eigenvalue weighted by atomic mass is 9.98. The summed E-state index contributed by atoms with van der Waals surface area (Å²) in [7, 11) is -8.00. The topological polar surface area (TPSA) is 88.5 Å². The standard InChI is InChI=1S/C11H15FO5S2/c1-11(2,13)7-5-8(12)10(19(4,16)17)9(6-7)18(3,14)15/h5-6,13H,1-4H3. The van der Waals surface area contributed by atoms with Crippen LogP contribution in [0.3, 0.4) is 0 Å². The predicted molar refractivity (Wildman–Crippen MR) is 67.9 cm³/mol. The summed E-state index contributed by atoms with van der Waals surface area (Å²) in [4.78, 5) is -1.52. The van der Waals surface area contributed by atoms with Crippen molar-refractivity contribution in [2.45, 2.75) is 29.2 Å². The summed E-state index contributed by atoms with van der Waals surface area (Å²) >= 11 is 0. The molecule has 0 aliphatic rings. The Kier molecular flexibility index (Phi) is 3.83. The van der Waals surface area contributed by atoms with Gasteiger partial charge < -0.3 is 5.11 Å². The summed E-state index contributed by atoms with van der Waals surface area (Å²) < 4.78 is 60.2. The third kappa shape index (κ3) is 3.52. The van der Waals surface area contributed by atoms with E-state index in [1.807, 2.05) is 0 Å². The van der Waals surface area contributed by atoms with Crippen LogP contribution in [0.5, 0.6) is 0 Å². The second-order valence-corrected chi connectivity index (χ2v) is 8.83. The molecule has 1 aromatic rings. The third-order valence-corrected chi connectivity index (χ3v) is 4.89. The quantitative estimate of drug-likeness (QED) is 0.894. The number of halogens is 1. The molecule has 0 amide bonds. The minimum absolute atomic E-state index is 0.0159. The Morgan fingerprint density at radius 1 is 1.05 bits per heavy atom. The van der Waals surface area contributed by atoms with Crippen molar-refractivity contribution in [3.8, 4) is 0 Å². The molecule has 5 nitrogen and oxygen atoms in total. The minimum Gasteiger partial charge on any atom is -0.386 e. The number of aliphatic hydroxyl groups is 1. The molecule has 0 saturated heterocycles. The molecule has 108 valence electrons. The largest absolute Gasteiger partial charge is 0.386 e. The fraction of sp³-hybridized carbons (Fsp3) is 0.455. The molecule has 0 aromatic heterocycles. The smallest absolute Gasteiger partial charge is 0.179 e. The van der Waals surface area contributed by atoms with Gasteiger partial charge in [-0.1, -0.05) is 0 Å². The second kappa shape index (κ2) is 4.53. The van der Waals surface area contributed by atoms with Gasteiger partial charge in [-0.3, -0.25) is 0 Å². The molecular weight excluding hydrogens is 295 g/mol. The third-order valence-electron chi connectivity index (χ3n) is 2.49. The molecule has 0 saturated carbocycles. The Bertz CT molecular complexity index is 712. The zero-order chi connectivity index (χ0) is 15.2. The first-order chi connectivity index (χ1) is 8.24. The van der Waals surface area contributed by atoms with Gasteiger partial charge in [-0.15, -0.1) is 0 Å². The van der Waals surface area contributed by atoms with Gasteiger partial charge in [0.1, 0.15) is 10.7 Å². The lowest BCUT2D eigenvalue weighted by Crippen LogP contribution is -2.19. The number of rotatable bonds is 3. The van der Waals surface area contributed by atoms with Crippen LogP contribution in [-0.2, 0) is 25.3 Å². The first kappa shape index (κ1) is 16.1. The van der Waals surface area contributed by atoms with Crippen LogP contribution >= 0.6 is 0 Å². The highest BCUT2D eigenvalue weighted by atomic mass is 32.2. The second-order valence-electron chi connectivity index (χ2n) is 4.89. The van der Waals surface area contributed by atoms with Crippen molar-refractivity contribution in [3.05, 3.63) is 23.5 Å². The van der Waals surface area contributed by atoms with Gasteiger partial charge in [0.25, 0.3) is 0 Å². The van der Waals surface area contributed by atoms with Gasteiger partial charge in [0.05, 0.1) is 10.5 Å². The van der Waals surface area contributed by atoms with E-state index in [4.69, 9.17) is 0 Å². The monoisotopic (exact) mass is 310 g/mol. The summed E-state index contributed by atoms with van der Waals surface area (Å²) in [6.45, 7) is 2.68. The van der Waals surface area contributed by atoms with E-state index in [1.165, 1.54) is 13.8 Å². The van der Waals surface area contributed by atoms with Gasteiger partial charge in [0.2, 0.25) is 0 Å². The Hall–Kier alpha value is -0.990. The molecule has 0 aliphatic heterocycles. The van der Waals surface area contributed by atoms with Crippen LogP contribution in [0.2, 0.25) is 0 Å². The van der Waals surface area contributed by atoms with Crippen LogP contribution in [0.15, 0.2) is 21.9 Å². The normalized spacial score (nSPS) is 13.6. The summed E-state index contributed by atoms with van der Waals surface area (Å²) in [6, 6.07) is 1.81. The molecule has 0 heterocycles. The lowest BCUT2D eigenvalue weighted by Gasteiger charge is -2.20. The van der Waals surface area contributed by atoms with E-state index in [2.05, 4.69) is 0 Å². The Morgan fingerprint density at radius 3 is 1.84 bits per heavy atom. The number of benzene rings is 1. The maximum Gasteiger partial charge on any atom is 0.179 e. The molecular formula is C11H15FO5S2. The van der Waals surface area contributed by atoms with Crippen molar-refractivity contribution >= 4 is 19.7 Å². The SMILES string of the molecule is CC(C)(O)c1cc(F)c(S(C)(=O)=O)c(S(C)(=O)=O)c1. The zero-order valence-electron chi connectivity index (χ0n) is 10.9. The van der Waals surface area contributed by atoms with Gasteiger partial charge in [-0.05, 0) is 31.5 Å². The van der Waals surface area contributed by atoms with Crippen LogP contribution < -0.4 is 0 Å². The molecule has 1 aromatic carbocycles. The van der Waals surface area contributed by atoms with Gasteiger partial charge in [-0.25, -0.2) is 21.2 Å². The van der Waals surface area contributed by atoms with E-state index in [-0.39, 0.29) is 5.56 Å². The fourth-order valence-electron chi connectivity index (χ4n) is 1.56. The molecule has 8 heteroatoms. The summed E-state index contributed by atoms with van der Waals surface area (Å²) in [5.74, 6) is -1.19. The predicted octanol–water partition coefficient (Wildman–Crippen LogP) is 0.860. The number of hydrogen-bond acceptors (Lipinski definition) is 5. The first-order valence-electron chi connectivity index (χ1n) is 5.21. The molecule has 1 N–H and O–H groups in total. The highest BCUT2D eigenvalue weighted by Gasteiger charge is 2.29. The summed E-state index contributed by atoms with van der Waals surface area (Å²) in [5, 5.41) is 9.79. The van der Waals surface area contributed by atoms with Gasteiger partial charge in [0, 0.05) is 12.5 Å². The maximum atomic E-state index is 13.9. The van der Waals surface area contributed by atoms with Crippen LogP contribution in [0.1, 0.15) is 19.4 Å². The Balaban J connectivity index is 3.90. The van der Waals surface area contributed by atoms with Crippen LogP contribution in [0.25, 0.3) is 0 Å². The van der Waals surface area contributed by atoms with E-state index in [0.717, 1.165) is 24.6 Å². The van der Waals surface area contributed by atoms with Crippen LogP contribution in [0, 0.1) is 5.82 Å². The Morgan fingerprint density at radius 2 is 1.53 bits per heavy atom. The average Bonchev–Trinajstić information content (AvgIpc) is 2.11. The van der Waals surface area contributed by atoms with E-state index in [0.29, 0.717) is 0 Å². The maximum absolute atomic E-state index is 13.9. The lowest BCUT2D eigenvalue weighted by molar-refractivity contribution is 0.0778. The molecule has 0 atom stereocenters. The average molecular weight is 310 g/mol. The fourth-order valence-corrected chi connectivity index (χ4v) is 4.08. The van der Waals surface area contributed by atoms with Gasteiger partial charge >= 0.3 is 0 Å². The minimum atomic E-state index is -4.05. The van der Waals surface area contributed by atoms with Crippen molar-refractivity contribution in [2.24, 2.45) is 0 Å². The molecule has 0 unspecified atom stereocenters. The van der Waals surface area contributed by atoms with E-state index in [1.54, 1.807) is 0 Å². The van der Waals surface area contributed by atoms with E-state index < -0.39 is 40.9 Å². The molecule has 0 spiro atoms. The van der Waals surface area contributed by atoms with Crippen LogP contribution in [-0.4, -0.2) is 34.5 Å². The summed E-state index contributed by atoms with van der Waals surface area (Å²) in [6.07, 6.45) is 1.51. The highest BCUT2D eigenvalue weighted by Crippen LogP contribution is 2.30. The van der Waals surface area contributed by atoms with Crippen molar-refractivity contribution in [1.29, 1.82) is 0 Å². The molecule has 0 bridgehead atoms. The first-order valence-corrected chi connectivity index (χ1v) is 8.99. The van der Waals surface area contributed by atoms with Crippen molar-refractivity contribution in [3.63, 3.8) is 0 Å². The number of hydrogen-bond donors (Lipinski definition) is 1. The molecule has 0 aliphatic carbocycles.